The largest absolute Gasteiger partial charge is 0.448 e. The van der Waals surface area contributed by atoms with Crippen LogP contribution in [-0.2, 0) is 11.2 Å². The van der Waals surface area contributed by atoms with E-state index in [-0.39, 0.29) is 23.4 Å². The molecule has 0 amide bonds. The summed E-state index contributed by atoms with van der Waals surface area (Å²) in [5.74, 6) is 0.224. The number of aromatic nitrogens is 1. The van der Waals surface area contributed by atoms with Crippen molar-refractivity contribution in [2.75, 3.05) is 0 Å². The van der Waals surface area contributed by atoms with E-state index in [0.717, 1.165) is 10.0 Å². The molecule has 5 heteroatoms. The molecule has 1 heterocycles. The summed E-state index contributed by atoms with van der Waals surface area (Å²) in [6.45, 7) is 1.73. The van der Waals surface area contributed by atoms with Crippen LogP contribution in [-0.4, -0.2) is 10.8 Å². The molecule has 2 aromatic rings. The van der Waals surface area contributed by atoms with Gasteiger partial charge in [-0.1, -0.05) is 34.1 Å². The SMILES string of the molecule is Cc1ccc(CC2C=C(Br)C(c3cnco3)CC2=O)cc1F. The number of oxazole rings is 1. The number of Topliss-reactive ketones (excluding diaryl/α,β-unsaturated/α-hetero) is 1. The summed E-state index contributed by atoms with van der Waals surface area (Å²) in [6.07, 6.45) is 5.76. The van der Waals surface area contributed by atoms with Gasteiger partial charge in [0.15, 0.2) is 6.39 Å². The average Bonchev–Trinajstić information content (AvgIpc) is 3.00. The Balaban J connectivity index is 1.80. The van der Waals surface area contributed by atoms with Gasteiger partial charge in [-0.15, -0.1) is 0 Å². The number of ketones is 1. The Hall–Kier alpha value is -1.75. The van der Waals surface area contributed by atoms with Gasteiger partial charge in [0.05, 0.1) is 12.1 Å². The van der Waals surface area contributed by atoms with Crippen LogP contribution in [0.1, 0.15) is 29.2 Å². The van der Waals surface area contributed by atoms with Crippen LogP contribution < -0.4 is 0 Å². The molecule has 2 unspecified atom stereocenters. The molecule has 0 radical (unpaired) electrons. The smallest absolute Gasteiger partial charge is 0.180 e. The number of benzene rings is 1. The zero-order valence-electron chi connectivity index (χ0n) is 12.1. The van der Waals surface area contributed by atoms with E-state index in [4.69, 9.17) is 4.42 Å². The highest BCUT2D eigenvalue weighted by atomic mass is 79.9. The molecule has 1 aliphatic carbocycles. The van der Waals surface area contributed by atoms with E-state index < -0.39 is 0 Å². The third-order valence-corrected chi connectivity index (χ3v) is 4.82. The van der Waals surface area contributed by atoms with Crippen LogP contribution in [0.15, 0.2) is 45.8 Å². The first-order valence-corrected chi connectivity index (χ1v) is 7.87. The molecule has 0 aliphatic heterocycles. The molecule has 3 rings (SSSR count). The number of carbonyl (C=O) groups is 1. The van der Waals surface area contributed by atoms with Gasteiger partial charge >= 0.3 is 0 Å². The number of hydrogen-bond donors (Lipinski definition) is 0. The second-order valence-corrected chi connectivity index (χ2v) is 6.49. The van der Waals surface area contributed by atoms with Gasteiger partial charge in [-0.2, -0.15) is 0 Å². The first kappa shape index (κ1) is 15.2. The van der Waals surface area contributed by atoms with Crippen molar-refractivity contribution >= 4 is 21.7 Å². The molecule has 0 spiro atoms. The molecule has 0 bridgehead atoms. The van der Waals surface area contributed by atoms with Crippen molar-refractivity contribution in [3.8, 4) is 0 Å². The molecular formula is C17H15BrFNO2. The topological polar surface area (TPSA) is 43.1 Å². The number of rotatable bonds is 3. The van der Waals surface area contributed by atoms with Crippen molar-refractivity contribution in [1.82, 2.24) is 4.98 Å². The first-order chi connectivity index (χ1) is 10.5. The van der Waals surface area contributed by atoms with Crippen LogP contribution in [0, 0.1) is 18.7 Å². The van der Waals surface area contributed by atoms with Crippen LogP contribution in [0.4, 0.5) is 4.39 Å². The van der Waals surface area contributed by atoms with Crippen LogP contribution >= 0.6 is 15.9 Å². The van der Waals surface area contributed by atoms with E-state index in [0.29, 0.717) is 24.2 Å². The maximum atomic E-state index is 13.6. The van der Waals surface area contributed by atoms with Crippen LogP contribution in [0.25, 0.3) is 0 Å². The van der Waals surface area contributed by atoms with Gasteiger partial charge in [-0.3, -0.25) is 4.79 Å². The predicted molar refractivity (Wildman–Crippen MR) is 84.2 cm³/mol. The van der Waals surface area contributed by atoms with Gasteiger partial charge < -0.3 is 4.42 Å². The zero-order chi connectivity index (χ0) is 15.7. The third kappa shape index (κ3) is 3.04. The summed E-state index contributed by atoms with van der Waals surface area (Å²) in [5, 5.41) is 0. The molecule has 2 atom stereocenters. The summed E-state index contributed by atoms with van der Waals surface area (Å²) >= 11 is 3.53. The van der Waals surface area contributed by atoms with Gasteiger partial charge in [-0.05, 0) is 30.5 Å². The lowest BCUT2D eigenvalue weighted by Gasteiger charge is -2.23. The summed E-state index contributed by atoms with van der Waals surface area (Å²) < 4.78 is 19.8. The van der Waals surface area contributed by atoms with Crippen molar-refractivity contribution in [2.24, 2.45) is 5.92 Å². The lowest BCUT2D eigenvalue weighted by molar-refractivity contribution is -0.122. The zero-order valence-corrected chi connectivity index (χ0v) is 13.6. The Morgan fingerprint density at radius 2 is 2.27 bits per heavy atom. The molecule has 114 valence electrons. The Labute approximate surface area is 136 Å². The third-order valence-electron chi connectivity index (χ3n) is 4.00. The maximum Gasteiger partial charge on any atom is 0.180 e. The molecule has 0 saturated heterocycles. The molecule has 1 aliphatic rings. The van der Waals surface area contributed by atoms with Gasteiger partial charge in [-0.25, -0.2) is 9.37 Å². The van der Waals surface area contributed by atoms with E-state index in [2.05, 4.69) is 20.9 Å². The molecule has 3 nitrogen and oxygen atoms in total. The molecule has 0 saturated carbocycles. The van der Waals surface area contributed by atoms with E-state index in [9.17, 15) is 9.18 Å². The summed E-state index contributed by atoms with van der Waals surface area (Å²) in [7, 11) is 0. The minimum atomic E-state index is -0.240. The second-order valence-electron chi connectivity index (χ2n) is 5.57. The summed E-state index contributed by atoms with van der Waals surface area (Å²) in [6, 6.07) is 5.12. The van der Waals surface area contributed by atoms with Gasteiger partial charge in [0.25, 0.3) is 0 Å². The quantitative estimate of drug-likeness (QED) is 0.815. The van der Waals surface area contributed by atoms with Crippen molar-refractivity contribution in [1.29, 1.82) is 0 Å². The lowest BCUT2D eigenvalue weighted by atomic mass is 9.83. The fourth-order valence-electron chi connectivity index (χ4n) is 2.68. The number of aryl methyl sites for hydroxylation is 1. The van der Waals surface area contributed by atoms with Gasteiger partial charge in [0.2, 0.25) is 0 Å². The van der Waals surface area contributed by atoms with Crippen molar-refractivity contribution in [3.05, 3.63) is 64.1 Å². The Morgan fingerprint density at radius 3 is 2.95 bits per heavy atom. The molecule has 0 N–H and O–H groups in total. The Bertz CT molecular complexity index is 724. The number of nitrogens with zero attached hydrogens (tertiary/aromatic N) is 1. The Kier molecular flexibility index (Phi) is 4.25. The summed E-state index contributed by atoms with van der Waals surface area (Å²) in [4.78, 5) is 16.3. The van der Waals surface area contributed by atoms with Crippen molar-refractivity contribution in [2.45, 2.75) is 25.7 Å². The van der Waals surface area contributed by atoms with Crippen molar-refractivity contribution in [3.63, 3.8) is 0 Å². The number of allylic oxidation sites excluding steroid dienone is 2. The standard InChI is InChI=1S/C17H15BrFNO2/c1-10-2-3-11(5-15(10)19)4-12-6-14(18)13(7-16(12)21)17-8-20-9-22-17/h2-3,5-6,8-9,12-13H,4,7H2,1H3. The Morgan fingerprint density at radius 1 is 1.45 bits per heavy atom. The highest BCUT2D eigenvalue weighted by Gasteiger charge is 2.31. The molecule has 0 fully saturated rings. The fourth-order valence-corrected chi connectivity index (χ4v) is 3.38. The van der Waals surface area contributed by atoms with Crippen LogP contribution in [0.3, 0.4) is 0 Å². The first-order valence-electron chi connectivity index (χ1n) is 7.08. The van der Waals surface area contributed by atoms with E-state index in [1.807, 2.05) is 12.1 Å². The van der Waals surface area contributed by atoms with Crippen LogP contribution in [0.5, 0.6) is 0 Å². The molecule has 1 aromatic carbocycles. The van der Waals surface area contributed by atoms with E-state index >= 15 is 0 Å². The number of hydrogen-bond acceptors (Lipinski definition) is 3. The average molecular weight is 364 g/mol. The molecular weight excluding hydrogens is 349 g/mol. The van der Waals surface area contributed by atoms with E-state index in [1.165, 1.54) is 12.5 Å². The van der Waals surface area contributed by atoms with E-state index in [1.54, 1.807) is 19.2 Å². The lowest BCUT2D eigenvalue weighted by Crippen LogP contribution is -2.23. The second kappa shape index (κ2) is 6.16. The summed E-state index contributed by atoms with van der Waals surface area (Å²) in [5.41, 5.74) is 1.44. The van der Waals surface area contributed by atoms with Gasteiger partial charge in [0, 0.05) is 16.8 Å². The maximum absolute atomic E-state index is 13.6. The predicted octanol–water partition coefficient (Wildman–Crippen LogP) is 4.32. The highest BCUT2D eigenvalue weighted by molar-refractivity contribution is 9.11. The molecule has 22 heavy (non-hydrogen) atoms. The van der Waals surface area contributed by atoms with Crippen molar-refractivity contribution < 1.29 is 13.6 Å². The number of halogens is 2. The normalized spacial score (nSPS) is 21.8. The molecule has 1 aromatic heterocycles. The van der Waals surface area contributed by atoms with Gasteiger partial charge in [0.1, 0.15) is 17.4 Å². The minimum absolute atomic E-state index is 0.110. The van der Waals surface area contributed by atoms with Crippen LogP contribution in [0.2, 0.25) is 0 Å². The number of carbonyl (C=O) groups excluding carboxylic acids is 1. The minimum Gasteiger partial charge on any atom is -0.448 e. The monoisotopic (exact) mass is 363 g/mol. The fraction of sp³-hybridized carbons (Fsp3) is 0.294. The highest BCUT2D eigenvalue weighted by Crippen LogP contribution is 2.38.